The van der Waals surface area contributed by atoms with Crippen molar-refractivity contribution < 1.29 is 9.21 Å². The van der Waals surface area contributed by atoms with Crippen LogP contribution in [-0.2, 0) is 0 Å². The SMILES string of the molecule is C=C(C)CNC(=O)c1csc(-c2ccco2)n1. The Morgan fingerprint density at radius 2 is 2.47 bits per heavy atom. The van der Waals surface area contributed by atoms with Gasteiger partial charge in [-0.15, -0.1) is 11.3 Å². The van der Waals surface area contributed by atoms with Crippen molar-refractivity contribution in [3.8, 4) is 10.8 Å². The number of carbonyl (C=O) groups excluding carboxylic acids is 1. The summed E-state index contributed by atoms with van der Waals surface area (Å²) in [6, 6.07) is 3.60. The molecule has 0 aliphatic carbocycles. The van der Waals surface area contributed by atoms with Gasteiger partial charge in [0.15, 0.2) is 10.8 Å². The number of hydrogen-bond donors (Lipinski definition) is 1. The molecule has 2 rings (SSSR count). The number of carbonyl (C=O) groups is 1. The van der Waals surface area contributed by atoms with E-state index in [2.05, 4.69) is 16.9 Å². The Hall–Kier alpha value is -1.88. The number of rotatable bonds is 4. The number of aromatic nitrogens is 1. The van der Waals surface area contributed by atoms with Crippen LogP contribution in [0.3, 0.4) is 0 Å². The zero-order chi connectivity index (χ0) is 12.3. The maximum absolute atomic E-state index is 11.7. The van der Waals surface area contributed by atoms with Crippen molar-refractivity contribution in [3.05, 3.63) is 41.6 Å². The lowest BCUT2D eigenvalue weighted by atomic mass is 10.3. The first kappa shape index (κ1) is 11.6. The summed E-state index contributed by atoms with van der Waals surface area (Å²) in [5, 5.41) is 5.15. The standard InChI is InChI=1S/C12H12N2O2S/c1-8(2)6-13-11(15)9-7-17-12(14-9)10-4-3-5-16-10/h3-5,7H,1,6H2,2H3,(H,13,15). The third-order valence-corrected chi connectivity index (χ3v) is 2.88. The van der Waals surface area contributed by atoms with Crippen LogP contribution < -0.4 is 5.32 Å². The van der Waals surface area contributed by atoms with Crippen LogP contribution >= 0.6 is 11.3 Å². The molecule has 88 valence electrons. The first-order valence-corrected chi connectivity index (χ1v) is 5.97. The van der Waals surface area contributed by atoms with E-state index in [9.17, 15) is 4.79 Å². The monoisotopic (exact) mass is 248 g/mol. The number of nitrogens with zero attached hydrogens (tertiary/aromatic N) is 1. The summed E-state index contributed by atoms with van der Waals surface area (Å²) in [5.41, 5.74) is 1.31. The summed E-state index contributed by atoms with van der Waals surface area (Å²) in [6.07, 6.45) is 1.58. The highest BCUT2D eigenvalue weighted by Gasteiger charge is 2.12. The van der Waals surface area contributed by atoms with E-state index < -0.39 is 0 Å². The van der Waals surface area contributed by atoms with Crippen molar-refractivity contribution in [3.63, 3.8) is 0 Å². The van der Waals surface area contributed by atoms with Crippen LogP contribution in [0.2, 0.25) is 0 Å². The molecule has 2 aromatic heterocycles. The third-order valence-electron chi connectivity index (χ3n) is 2.02. The fraction of sp³-hybridized carbons (Fsp3) is 0.167. The molecular formula is C12H12N2O2S. The van der Waals surface area contributed by atoms with E-state index >= 15 is 0 Å². The zero-order valence-corrected chi connectivity index (χ0v) is 10.2. The molecule has 2 aromatic rings. The summed E-state index contributed by atoms with van der Waals surface area (Å²) < 4.78 is 5.21. The average Bonchev–Trinajstić information content (AvgIpc) is 2.94. The highest BCUT2D eigenvalue weighted by atomic mass is 32.1. The van der Waals surface area contributed by atoms with Crippen molar-refractivity contribution in [1.82, 2.24) is 10.3 Å². The van der Waals surface area contributed by atoms with Crippen LogP contribution in [0.5, 0.6) is 0 Å². The first-order valence-electron chi connectivity index (χ1n) is 5.09. The topological polar surface area (TPSA) is 55.1 Å². The zero-order valence-electron chi connectivity index (χ0n) is 9.40. The van der Waals surface area contributed by atoms with Gasteiger partial charge in [-0.25, -0.2) is 4.98 Å². The van der Waals surface area contributed by atoms with Gasteiger partial charge in [0.25, 0.3) is 5.91 Å². The lowest BCUT2D eigenvalue weighted by Crippen LogP contribution is -2.25. The Bertz CT molecular complexity index is 528. The van der Waals surface area contributed by atoms with E-state index in [1.165, 1.54) is 11.3 Å². The molecule has 5 heteroatoms. The Balaban J connectivity index is 2.08. The summed E-state index contributed by atoms with van der Waals surface area (Å²) in [7, 11) is 0. The normalized spacial score (nSPS) is 10.2. The van der Waals surface area contributed by atoms with Crippen molar-refractivity contribution in [2.75, 3.05) is 6.54 Å². The third kappa shape index (κ3) is 2.82. The molecule has 0 saturated carbocycles. The molecular weight excluding hydrogens is 236 g/mol. The van der Waals surface area contributed by atoms with E-state index in [0.29, 0.717) is 23.0 Å². The molecule has 17 heavy (non-hydrogen) atoms. The molecule has 0 aromatic carbocycles. The maximum atomic E-state index is 11.7. The molecule has 0 atom stereocenters. The minimum atomic E-state index is -0.193. The fourth-order valence-electron chi connectivity index (χ4n) is 1.21. The molecule has 4 nitrogen and oxygen atoms in total. The van der Waals surface area contributed by atoms with Crippen molar-refractivity contribution in [2.24, 2.45) is 0 Å². The highest BCUT2D eigenvalue weighted by molar-refractivity contribution is 7.13. The van der Waals surface area contributed by atoms with Crippen LogP contribution in [0.4, 0.5) is 0 Å². The number of thiazole rings is 1. The molecule has 0 saturated heterocycles. The molecule has 1 N–H and O–H groups in total. The molecule has 2 heterocycles. The van der Waals surface area contributed by atoms with Gasteiger partial charge in [-0.05, 0) is 19.1 Å². The van der Waals surface area contributed by atoms with Crippen molar-refractivity contribution in [2.45, 2.75) is 6.92 Å². The van der Waals surface area contributed by atoms with Gasteiger partial charge >= 0.3 is 0 Å². The van der Waals surface area contributed by atoms with E-state index in [4.69, 9.17) is 4.42 Å². The van der Waals surface area contributed by atoms with E-state index in [-0.39, 0.29) is 5.91 Å². The van der Waals surface area contributed by atoms with Gasteiger partial charge in [0.1, 0.15) is 5.69 Å². The van der Waals surface area contributed by atoms with Crippen LogP contribution in [0.1, 0.15) is 17.4 Å². The van der Waals surface area contributed by atoms with Gasteiger partial charge in [0.2, 0.25) is 0 Å². The first-order chi connectivity index (χ1) is 8.16. The van der Waals surface area contributed by atoms with Crippen molar-refractivity contribution in [1.29, 1.82) is 0 Å². The largest absolute Gasteiger partial charge is 0.462 e. The molecule has 0 fully saturated rings. The molecule has 0 aliphatic rings. The minimum Gasteiger partial charge on any atom is -0.462 e. The van der Waals surface area contributed by atoms with Crippen LogP contribution in [0.25, 0.3) is 10.8 Å². The maximum Gasteiger partial charge on any atom is 0.271 e. The van der Waals surface area contributed by atoms with Crippen LogP contribution in [0.15, 0.2) is 40.3 Å². The van der Waals surface area contributed by atoms with Crippen LogP contribution in [0, 0.1) is 0 Å². The molecule has 0 radical (unpaired) electrons. The Morgan fingerprint density at radius 1 is 1.65 bits per heavy atom. The summed E-state index contributed by atoms with van der Waals surface area (Å²) >= 11 is 1.38. The van der Waals surface area contributed by atoms with E-state index in [1.54, 1.807) is 17.7 Å². The number of furan rings is 1. The molecule has 0 unspecified atom stereocenters. The summed E-state index contributed by atoms with van der Waals surface area (Å²) in [6.45, 7) is 6.04. The fourth-order valence-corrected chi connectivity index (χ4v) is 1.98. The van der Waals surface area contributed by atoms with Gasteiger partial charge in [-0.2, -0.15) is 0 Å². The second-order valence-electron chi connectivity index (χ2n) is 3.65. The van der Waals surface area contributed by atoms with Gasteiger partial charge in [0.05, 0.1) is 6.26 Å². The lowest BCUT2D eigenvalue weighted by molar-refractivity contribution is 0.0953. The van der Waals surface area contributed by atoms with Crippen LogP contribution in [-0.4, -0.2) is 17.4 Å². The number of amides is 1. The number of nitrogens with one attached hydrogen (secondary N) is 1. The van der Waals surface area contributed by atoms with E-state index in [1.807, 2.05) is 13.0 Å². The van der Waals surface area contributed by atoms with Gasteiger partial charge in [-0.3, -0.25) is 4.79 Å². The minimum absolute atomic E-state index is 0.193. The Labute approximate surface area is 103 Å². The molecule has 0 bridgehead atoms. The summed E-state index contributed by atoms with van der Waals surface area (Å²) in [4.78, 5) is 15.9. The molecule has 0 spiro atoms. The lowest BCUT2D eigenvalue weighted by Gasteiger charge is -2.00. The predicted octanol–water partition coefficient (Wildman–Crippen LogP) is 2.71. The van der Waals surface area contributed by atoms with Gasteiger partial charge in [0, 0.05) is 11.9 Å². The second kappa shape index (κ2) is 4.97. The Kier molecular flexibility index (Phi) is 3.39. The Morgan fingerprint density at radius 3 is 3.12 bits per heavy atom. The van der Waals surface area contributed by atoms with Crippen molar-refractivity contribution >= 4 is 17.2 Å². The average molecular weight is 248 g/mol. The highest BCUT2D eigenvalue weighted by Crippen LogP contribution is 2.23. The van der Waals surface area contributed by atoms with Gasteiger partial charge in [-0.1, -0.05) is 12.2 Å². The second-order valence-corrected chi connectivity index (χ2v) is 4.51. The quantitative estimate of drug-likeness (QED) is 0.846. The smallest absolute Gasteiger partial charge is 0.271 e. The molecule has 0 aliphatic heterocycles. The van der Waals surface area contributed by atoms with E-state index in [0.717, 1.165) is 5.57 Å². The predicted molar refractivity (Wildman–Crippen MR) is 67.0 cm³/mol. The number of hydrogen-bond acceptors (Lipinski definition) is 4. The van der Waals surface area contributed by atoms with Gasteiger partial charge < -0.3 is 9.73 Å². The summed E-state index contributed by atoms with van der Waals surface area (Å²) in [5.74, 6) is 0.482. The molecule has 1 amide bonds.